The lowest BCUT2D eigenvalue weighted by Crippen LogP contribution is -2.36. The van der Waals surface area contributed by atoms with Crippen LogP contribution in [-0.2, 0) is 4.84 Å². The molecule has 2 aliphatic rings. The second kappa shape index (κ2) is 5.64. The molecular formula is C17H19BrClNO2. The van der Waals surface area contributed by atoms with Gasteiger partial charge in [0.1, 0.15) is 0 Å². The van der Waals surface area contributed by atoms with Crippen molar-refractivity contribution < 1.29 is 9.63 Å². The topological polar surface area (TPSA) is 38.7 Å². The summed E-state index contributed by atoms with van der Waals surface area (Å²) in [6.45, 7) is 4.55. The standard InChI is InChI=1S/C17H19BrClNO2/c1-16-8-7-12(17(16,2)10-18)9-14(16)20-22-15(21)11-3-5-13(19)6-4-11/h3-6,12H,7-10H2,1-2H3. The number of fused-ring (bicyclic) bond motifs is 2. The average Bonchev–Trinajstić information content (AvgIpc) is 2.89. The summed E-state index contributed by atoms with van der Waals surface area (Å²) in [5.41, 5.74) is 1.69. The first-order valence-corrected chi connectivity index (χ1v) is 9.01. The zero-order chi connectivity index (χ0) is 16.0. The molecule has 2 saturated carbocycles. The highest BCUT2D eigenvalue weighted by molar-refractivity contribution is 9.09. The van der Waals surface area contributed by atoms with Crippen LogP contribution < -0.4 is 0 Å². The van der Waals surface area contributed by atoms with E-state index in [1.165, 1.54) is 6.42 Å². The fraction of sp³-hybridized carbons (Fsp3) is 0.529. The second-order valence-corrected chi connectivity index (χ2v) is 7.74. The van der Waals surface area contributed by atoms with Gasteiger partial charge in [-0.25, -0.2) is 4.79 Å². The highest BCUT2D eigenvalue weighted by Crippen LogP contribution is 2.64. The van der Waals surface area contributed by atoms with Crippen LogP contribution in [0.3, 0.4) is 0 Å². The van der Waals surface area contributed by atoms with Crippen LogP contribution in [0, 0.1) is 16.7 Å². The highest BCUT2D eigenvalue weighted by Gasteiger charge is 2.62. The van der Waals surface area contributed by atoms with Gasteiger partial charge >= 0.3 is 5.97 Å². The largest absolute Gasteiger partial charge is 0.365 e. The Labute approximate surface area is 144 Å². The molecule has 3 unspecified atom stereocenters. The van der Waals surface area contributed by atoms with E-state index in [2.05, 4.69) is 34.9 Å². The molecule has 0 saturated heterocycles. The number of alkyl halides is 1. The lowest BCUT2D eigenvalue weighted by Gasteiger charge is -2.36. The molecule has 0 N–H and O–H groups in total. The van der Waals surface area contributed by atoms with E-state index >= 15 is 0 Å². The molecule has 0 heterocycles. The smallest absolute Gasteiger partial charge is 0.313 e. The summed E-state index contributed by atoms with van der Waals surface area (Å²) in [4.78, 5) is 17.3. The minimum Gasteiger partial charge on any atom is -0.313 e. The fourth-order valence-corrected chi connectivity index (χ4v) is 5.11. The van der Waals surface area contributed by atoms with Crippen molar-refractivity contribution in [1.82, 2.24) is 0 Å². The lowest BCUT2D eigenvalue weighted by atomic mass is 9.70. The van der Waals surface area contributed by atoms with Crippen LogP contribution in [0.5, 0.6) is 0 Å². The molecule has 3 atom stereocenters. The van der Waals surface area contributed by atoms with Crippen LogP contribution in [0.4, 0.5) is 0 Å². The van der Waals surface area contributed by atoms with E-state index in [9.17, 15) is 4.79 Å². The fourth-order valence-electron chi connectivity index (χ4n) is 3.91. The van der Waals surface area contributed by atoms with Crippen molar-refractivity contribution in [3.63, 3.8) is 0 Å². The predicted molar refractivity (Wildman–Crippen MR) is 91.7 cm³/mol. The summed E-state index contributed by atoms with van der Waals surface area (Å²) in [5.74, 6) is 0.181. The van der Waals surface area contributed by atoms with Crippen LogP contribution in [0.25, 0.3) is 0 Å². The molecule has 3 rings (SSSR count). The summed E-state index contributed by atoms with van der Waals surface area (Å²) >= 11 is 9.49. The number of carbonyl (C=O) groups excluding carboxylic acids is 1. The maximum absolute atomic E-state index is 12.1. The van der Waals surface area contributed by atoms with Crippen molar-refractivity contribution in [2.45, 2.75) is 33.1 Å². The molecule has 2 bridgehead atoms. The number of carbonyl (C=O) groups is 1. The van der Waals surface area contributed by atoms with E-state index in [-0.39, 0.29) is 10.8 Å². The van der Waals surface area contributed by atoms with Crippen molar-refractivity contribution >= 4 is 39.2 Å². The lowest BCUT2D eigenvalue weighted by molar-refractivity contribution is 0.0508. The van der Waals surface area contributed by atoms with Gasteiger partial charge in [0.05, 0.1) is 11.3 Å². The molecule has 2 fully saturated rings. The Hall–Kier alpha value is -0.870. The van der Waals surface area contributed by atoms with E-state index in [0.717, 1.165) is 23.9 Å². The van der Waals surface area contributed by atoms with Gasteiger partial charge in [0.2, 0.25) is 0 Å². The second-order valence-electron chi connectivity index (χ2n) is 6.75. The Morgan fingerprint density at radius 2 is 2.09 bits per heavy atom. The first kappa shape index (κ1) is 16.0. The van der Waals surface area contributed by atoms with Gasteiger partial charge < -0.3 is 4.84 Å². The van der Waals surface area contributed by atoms with Crippen molar-refractivity contribution in [2.24, 2.45) is 21.9 Å². The van der Waals surface area contributed by atoms with Crippen LogP contribution in [0.15, 0.2) is 29.4 Å². The van der Waals surface area contributed by atoms with Gasteiger partial charge in [-0.3, -0.25) is 0 Å². The molecule has 2 aliphatic carbocycles. The van der Waals surface area contributed by atoms with Crippen LogP contribution in [0.1, 0.15) is 43.5 Å². The van der Waals surface area contributed by atoms with Crippen LogP contribution >= 0.6 is 27.5 Å². The predicted octanol–water partition coefficient (Wildman–Crippen LogP) is 5.07. The molecule has 0 radical (unpaired) electrons. The summed E-state index contributed by atoms with van der Waals surface area (Å²) in [7, 11) is 0. The number of oxime groups is 1. The third kappa shape index (κ3) is 2.31. The molecule has 0 aliphatic heterocycles. The SMILES string of the molecule is CC12CCC(CC1=NOC(=O)c1ccc(Cl)cc1)C2(C)CBr. The number of rotatable bonds is 3. The minimum atomic E-state index is -0.434. The maximum Gasteiger partial charge on any atom is 0.365 e. The molecule has 118 valence electrons. The molecule has 0 spiro atoms. The van der Waals surface area contributed by atoms with Crippen molar-refractivity contribution in [3.05, 3.63) is 34.9 Å². The van der Waals surface area contributed by atoms with E-state index < -0.39 is 5.97 Å². The maximum atomic E-state index is 12.1. The number of hydrogen-bond donors (Lipinski definition) is 0. The molecule has 0 aromatic heterocycles. The van der Waals surface area contributed by atoms with E-state index in [0.29, 0.717) is 16.5 Å². The molecule has 0 amide bonds. The van der Waals surface area contributed by atoms with Crippen LogP contribution in [-0.4, -0.2) is 17.0 Å². The van der Waals surface area contributed by atoms with E-state index in [4.69, 9.17) is 16.4 Å². The highest BCUT2D eigenvalue weighted by atomic mass is 79.9. The van der Waals surface area contributed by atoms with Gasteiger partial charge in [-0.2, -0.15) is 0 Å². The number of hydrogen-bond acceptors (Lipinski definition) is 3. The van der Waals surface area contributed by atoms with Gasteiger partial charge in [-0.1, -0.05) is 46.5 Å². The van der Waals surface area contributed by atoms with Crippen molar-refractivity contribution in [3.8, 4) is 0 Å². The summed E-state index contributed by atoms with van der Waals surface area (Å²) < 4.78 is 0. The van der Waals surface area contributed by atoms with Crippen LogP contribution in [0.2, 0.25) is 5.02 Å². The molecule has 3 nitrogen and oxygen atoms in total. The zero-order valence-corrected chi connectivity index (χ0v) is 15.1. The first-order chi connectivity index (χ1) is 10.4. The van der Waals surface area contributed by atoms with Crippen molar-refractivity contribution in [1.29, 1.82) is 0 Å². The van der Waals surface area contributed by atoms with Gasteiger partial charge in [0.15, 0.2) is 0 Å². The number of nitrogens with zero attached hydrogens (tertiary/aromatic N) is 1. The van der Waals surface area contributed by atoms with Gasteiger partial charge in [0, 0.05) is 15.8 Å². The molecule has 5 heteroatoms. The Morgan fingerprint density at radius 3 is 2.68 bits per heavy atom. The van der Waals surface area contributed by atoms with Gasteiger partial charge in [-0.05, 0) is 54.9 Å². The normalized spacial score (nSPS) is 35.1. The molecule has 1 aromatic carbocycles. The third-order valence-electron chi connectivity index (χ3n) is 5.83. The number of halogens is 2. The number of benzene rings is 1. The first-order valence-electron chi connectivity index (χ1n) is 7.51. The van der Waals surface area contributed by atoms with Gasteiger partial charge in [-0.15, -0.1) is 0 Å². The summed E-state index contributed by atoms with van der Waals surface area (Å²) in [6.07, 6.45) is 3.26. The molecular weight excluding hydrogens is 366 g/mol. The Bertz CT molecular complexity index is 630. The molecule has 22 heavy (non-hydrogen) atoms. The molecule has 1 aromatic rings. The summed E-state index contributed by atoms with van der Waals surface area (Å²) in [6, 6.07) is 6.64. The van der Waals surface area contributed by atoms with E-state index in [1.807, 2.05) is 0 Å². The van der Waals surface area contributed by atoms with E-state index in [1.54, 1.807) is 24.3 Å². The monoisotopic (exact) mass is 383 g/mol. The third-order valence-corrected chi connectivity index (χ3v) is 7.24. The Balaban J connectivity index is 1.77. The minimum absolute atomic E-state index is 0.0153. The summed E-state index contributed by atoms with van der Waals surface area (Å²) in [5, 5.41) is 5.78. The average molecular weight is 385 g/mol. The van der Waals surface area contributed by atoms with Gasteiger partial charge in [0.25, 0.3) is 0 Å². The Morgan fingerprint density at radius 1 is 1.41 bits per heavy atom. The zero-order valence-electron chi connectivity index (χ0n) is 12.7. The quantitative estimate of drug-likeness (QED) is 0.414. The van der Waals surface area contributed by atoms with Crippen molar-refractivity contribution in [2.75, 3.05) is 5.33 Å². The Kier molecular flexibility index (Phi) is 4.11.